The average Bonchev–Trinajstić information content (AvgIpc) is 2.13. The first-order valence-electron chi connectivity index (χ1n) is 5.19. The van der Waals surface area contributed by atoms with Crippen LogP contribution in [-0.2, 0) is 20.0 Å². The van der Waals surface area contributed by atoms with E-state index in [0.717, 1.165) is 12.5 Å². The molecule has 0 aliphatic heterocycles. The van der Waals surface area contributed by atoms with E-state index < -0.39 is 20.0 Å². The van der Waals surface area contributed by atoms with Crippen LogP contribution in [0.3, 0.4) is 0 Å². The highest BCUT2D eigenvalue weighted by atomic mass is 32.2. The Morgan fingerprint density at radius 3 is 1.35 bits per heavy atom. The van der Waals surface area contributed by atoms with Crippen molar-refractivity contribution in [1.29, 1.82) is 0 Å². The lowest BCUT2D eigenvalue weighted by molar-refractivity contribution is 0.459. The van der Waals surface area contributed by atoms with Crippen molar-refractivity contribution in [2.45, 2.75) is 12.8 Å². The lowest BCUT2D eigenvalue weighted by Crippen LogP contribution is -2.28. The zero-order valence-electron chi connectivity index (χ0n) is 10.7. The van der Waals surface area contributed by atoms with E-state index in [9.17, 15) is 16.8 Å². The summed E-state index contributed by atoms with van der Waals surface area (Å²) in [5, 5.41) is 0. The van der Waals surface area contributed by atoms with Gasteiger partial charge in [0.2, 0.25) is 20.0 Å². The van der Waals surface area contributed by atoms with E-state index >= 15 is 0 Å². The SMILES string of the molecule is CN(CC[CH]CCN(C)S(C)(=O)=O)S(C)(=O)=O. The molecule has 8 heteroatoms. The molecule has 0 aliphatic rings. The van der Waals surface area contributed by atoms with Gasteiger partial charge in [0.25, 0.3) is 0 Å². The zero-order valence-corrected chi connectivity index (χ0v) is 12.4. The number of sulfonamides is 2. The highest BCUT2D eigenvalue weighted by Gasteiger charge is 2.11. The van der Waals surface area contributed by atoms with Gasteiger partial charge in [-0.15, -0.1) is 0 Å². The Kier molecular flexibility index (Phi) is 6.60. The van der Waals surface area contributed by atoms with E-state index in [0.29, 0.717) is 25.9 Å². The molecule has 0 unspecified atom stereocenters. The maximum Gasteiger partial charge on any atom is 0.210 e. The van der Waals surface area contributed by atoms with Crippen LogP contribution in [0.25, 0.3) is 0 Å². The summed E-state index contributed by atoms with van der Waals surface area (Å²) >= 11 is 0. The molecule has 0 bridgehead atoms. The lowest BCUT2D eigenvalue weighted by Gasteiger charge is -2.15. The molecule has 0 saturated carbocycles. The maximum absolute atomic E-state index is 11.1. The molecular formula is C9H21N2O4S2. The van der Waals surface area contributed by atoms with Crippen LogP contribution in [0.1, 0.15) is 12.8 Å². The maximum atomic E-state index is 11.1. The molecule has 1 radical (unpaired) electrons. The van der Waals surface area contributed by atoms with E-state index in [-0.39, 0.29) is 0 Å². The van der Waals surface area contributed by atoms with Gasteiger partial charge in [-0.3, -0.25) is 0 Å². The zero-order chi connectivity index (χ0) is 13.7. The Bertz CT molecular complexity index is 376. The Hall–Kier alpha value is -0.180. The van der Waals surface area contributed by atoms with E-state index in [1.807, 2.05) is 6.42 Å². The molecule has 0 atom stereocenters. The fourth-order valence-corrected chi connectivity index (χ4v) is 1.90. The molecule has 0 aliphatic carbocycles. The molecule has 0 saturated heterocycles. The first-order valence-corrected chi connectivity index (χ1v) is 8.89. The summed E-state index contributed by atoms with van der Waals surface area (Å²) in [6.45, 7) is 0.836. The third-order valence-electron chi connectivity index (χ3n) is 2.43. The first kappa shape index (κ1) is 16.8. The highest BCUT2D eigenvalue weighted by Crippen LogP contribution is 2.02. The molecule has 0 rings (SSSR count). The van der Waals surface area contributed by atoms with Crippen LogP contribution in [0.15, 0.2) is 0 Å². The fourth-order valence-electron chi connectivity index (χ4n) is 1.02. The van der Waals surface area contributed by atoms with Crippen molar-refractivity contribution >= 4 is 20.0 Å². The predicted molar refractivity (Wildman–Crippen MR) is 68.5 cm³/mol. The van der Waals surface area contributed by atoms with Crippen LogP contribution in [0, 0.1) is 6.42 Å². The predicted octanol–water partition coefficient (Wildman–Crippen LogP) is -0.246. The normalized spacial score (nSPS) is 13.5. The minimum atomic E-state index is -3.12. The van der Waals surface area contributed by atoms with Crippen molar-refractivity contribution in [2.24, 2.45) is 0 Å². The quantitative estimate of drug-likeness (QED) is 0.577. The van der Waals surface area contributed by atoms with Gasteiger partial charge in [-0.25, -0.2) is 25.4 Å². The van der Waals surface area contributed by atoms with E-state index in [1.165, 1.54) is 22.7 Å². The van der Waals surface area contributed by atoms with Gasteiger partial charge in [-0.1, -0.05) is 0 Å². The number of nitrogens with zero attached hydrogens (tertiary/aromatic N) is 2. The summed E-state index contributed by atoms with van der Waals surface area (Å²) in [6.07, 6.45) is 5.43. The topological polar surface area (TPSA) is 74.8 Å². The average molecular weight is 285 g/mol. The van der Waals surface area contributed by atoms with Gasteiger partial charge in [0.05, 0.1) is 12.5 Å². The molecule has 0 aromatic heterocycles. The second-order valence-electron chi connectivity index (χ2n) is 4.04. The second kappa shape index (κ2) is 6.67. The number of unbranched alkanes of at least 4 members (excludes halogenated alkanes) is 2. The molecule has 0 aromatic carbocycles. The molecule has 17 heavy (non-hydrogen) atoms. The summed E-state index contributed by atoms with van der Waals surface area (Å²) < 4.78 is 46.8. The van der Waals surface area contributed by atoms with Gasteiger partial charge in [-0.2, -0.15) is 0 Å². The smallest absolute Gasteiger partial charge is 0.210 e. The van der Waals surface area contributed by atoms with E-state index in [2.05, 4.69) is 0 Å². The third-order valence-corrected chi connectivity index (χ3v) is 5.06. The summed E-state index contributed by atoms with van der Waals surface area (Å²) in [5.74, 6) is 0. The van der Waals surface area contributed by atoms with Crippen LogP contribution >= 0.6 is 0 Å². The van der Waals surface area contributed by atoms with Crippen LogP contribution in [0.5, 0.6) is 0 Å². The van der Waals surface area contributed by atoms with Crippen molar-refractivity contribution in [3.8, 4) is 0 Å². The third kappa shape index (κ3) is 7.69. The molecular weight excluding hydrogens is 264 g/mol. The second-order valence-corrected chi connectivity index (χ2v) is 8.21. The number of rotatable bonds is 8. The summed E-state index contributed by atoms with van der Waals surface area (Å²) in [5.41, 5.74) is 0. The van der Waals surface area contributed by atoms with Gasteiger partial charge in [0, 0.05) is 27.2 Å². The summed E-state index contributed by atoms with van der Waals surface area (Å²) in [4.78, 5) is 0. The fraction of sp³-hybridized carbons (Fsp3) is 0.889. The number of hydrogen-bond donors (Lipinski definition) is 0. The van der Waals surface area contributed by atoms with Gasteiger partial charge in [0.15, 0.2) is 0 Å². The Labute approximate surface area is 105 Å². The molecule has 0 aromatic rings. The van der Waals surface area contributed by atoms with Crippen LogP contribution < -0.4 is 0 Å². The van der Waals surface area contributed by atoms with Crippen LogP contribution in [0.4, 0.5) is 0 Å². The van der Waals surface area contributed by atoms with Gasteiger partial charge in [0.1, 0.15) is 0 Å². The molecule has 0 fully saturated rings. The van der Waals surface area contributed by atoms with Crippen molar-refractivity contribution in [3.63, 3.8) is 0 Å². The number of hydrogen-bond acceptors (Lipinski definition) is 4. The minimum Gasteiger partial charge on any atom is -0.213 e. The molecule has 103 valence electrons. The Morgan fingerprint density at radius 1 is 0.824 bits per heavy atom. The van der Waals surface area contributed by atoms with Crippen molar-refractivity contribution < 1.29 is 16.8 Å². The summed E-state index contributed by atoms with van der Waals surface area (Å²) in [6, 6.07) is 0. The van der Waals surface area contributed by atoms with Crippen LogP contribution in [-0.4, -0.2) is 65.1 Å². The summed E-state index contributed by atoms with van der Waals surface area (Å²) in [7, 11) is -3.21. The monoisotopic (exact) mass is 285 g/mol. The Balaban J connectivity index is 3.75. The first-order chi connectivity index (χ1) is 7.55. The van der Waals surface area contributed by atoms with Gasteiger partial charge < -0.3 is 0 Å². The van der Waals surface area contributed by atoms with Crippen molar-refractivity contribution in [3.05, 3.63) is 6.42 Å². The molecule has 0 heterocycles. The van der Waals surface area contributed by atoms with Crippen LogP contribution in [0.2, 0.25) is 0 Å². The standard InChI is InChI=1S/C9H21N2O4S2/c1-10(16(3,12)13)8-6-5-7-9-11(2)17(4,14)15/h5H,6-9H2,1-4H3. The van der Waals surface area contributed by atoms with E-state index in [1.54, 1.807) is 0 Å². The lowest BCUT2D eigenvalue weighted by atomic mass is 10.2. The largest absolute Gasteiger partial charge is 0.213 e. The van der Waals surface area contributed by atoms with E-state index in [4.69, 9.17) is 0 Å². The van der Waals surface area contributed by atoms with Gasteiger partial charge in [-0.05, 0) is 19.3 Å². The van der Waals surface area contributed by atoms with Crippen molar-refractivity contribution in [2.75, 3.05) is 39.7 Å². The molecule has 0 spiro atoms. The minimum absolute atomic E-state index is 0.418. The van der Waals surface area contributed by atoms with Crippen molar-refractivity contribution in [1.82, 2.24) is 8.61 Å². The highest BCUT2D eigenvalue weighted by molar-refractivity contribution is 7.88. The Morgan fingerprint density at radius 2 is 1.12 bits per heavy atom. The molecule has 0 N–H and O–H groups in total. The molecule has 6 nitrogen and oxygen atoms in total. The molecule has 0 amide bonds. The van der Waals surface area contributed by atoms with Gasteiger partial charge >= 0.3 is 0 Å².